The lowest BCUT2D eigenvalue weighted by molar-refractivity contribution is 0.424. The number of aromatic nitrogens is 5. The summed E-state index contributed by atoms with van der Waals surface area (Å²) in [6.45, 7) is 4.64. The molecule has 8 nitrogen and oxygen atoms in total. The van der Waals surface area contributed by atoms with Crippen LogP contribution >= 0.6 is 0 Å². The van der Waals surface area contributed by atoms with Crippen LogP contribution < -0.4 is 10.2 Å². The molecule has 0 spiro atoms. The Balaban J connectivity index is 1.33. The molecule has 24 heavy (non-hydrogen) atoms. The van der Waals surface area contributed by atoms with Crippen molar-refractivity contribution in [3.05, 3.63) is 41.9 Å². The minimum atomic E-state index is 0.543. The van der Waals surface area contributed by atoms with Gasteiger partial charge in [0.15, 0.2) is 11.5 Å². The second-order valence-corrected chi connectivity index (χ2v) is 5.90. The zero-order valence-electron chi connectivity index (χ0n) is 13.2. The van der Waals surface area contributed by atoms with Gasteiger partial charge in [0.1, 0.15) is 17.7 Å². The van der Waals surface area contributed by atoms with Crippen molar-refractivity contribution in [2.45, 2.75) is 6.92 Å². The Morgan fingerprint density at radius 3 is 2.88 bits per heavy atom. The lowest BCUT2D eigenvalue weighted by atomic mass is 10.0. The van der Waals surface area contributed by atoms with Gasteiger partial charge in [0.2, 0.25) is 0 Å². The van der Waals surface area contributed by atoms with E-state index in [1.54, 1.807) is 16.8 Å². The minimum Gasteiger partial charge on any atom is -0.370 e. The number of anilines is 2. The molecule has 0 unspecified atom stereocenters. The zero-order chi connectivity index (χ0) is 16.5. The first-order chi connectivity index (χ1) is 11.7. The Morgan fingerprint density at radius 1 is 1.25 bits per heavy atom. The van der Waals surface area contributed by atoms with E-state index in [2.05, 4.69) is 36.6 Å². The Bertz CT molecular complexity index is 902. The molecule has 1 aliphatic heterocycles. The second-order valence-electron chi connectivity index (χ2n) is 5.90. The van der Waals surface area contributed by atoms with Gasteiger partial charge < -0.3 is 10.2 Å². The Labute approximate surface area is 138 Å². The number of hydrogen-bond acceptors (Lipinski definition) is 7. The van der Waals surface area contributed by atoms with Crippen molar-refractivity contribution in [2.75, 3.05) is 29.9 Å². The molecule has 0 radical (unpaired) electrons. The number of nitriles is 1. The Kier molecular flexibility index (Phi) is 3.46. The maximum atomic E-state index is 8.77. The number of pyridine rings is 1. The molecular weight excluding hydrogens is 304 g/mol. The van der Waals surface area contributed by atoms with Crippen LogP contribution in [-0.2, 0) is 0 Å². The SMILES string of the molecule is Cc1nnc2ccc(N3CC(CNc4ccc(C#N)cn4)C3)nn12. The molecular formula is C16H16N8. The minimum absolute atomic E-state index is 0.543. The van der Waals surface area contributed by atoms with Crippen LogP contribution in [0.1, 0.15) is 11.4 Å². The van der Waals surface area contributed by atoms with E-state index in [0.29, 0.717) is 11.5 Å². The number of nitrogens with zero attached hydrogens (tertiary/aromatic N) is 7. The van der Waals surface area contributed by atoms with E-state index >= 15 is 0 Å². The van der Waals surface area contributed by atoms with E-state index in [9.17, 15) is 0 Å². The van der Waals surface area contributed by atoms with Gasteiger partial charge in [-0.3, -0.25) is 0 Å². The molecule has 0 saturated carbocycles. The standard InChI is InChI=1S/C16H16N8/c1-11-20-21-15-4-5-16(22-24(11)15)23-9-13(10-23)8-19-14-3-2-12(6-17)7-18-14/h2-5,7,13H,8-10H2,1H3,(H,18,19). The van der Waals surface area contributed by atoms with E-state index in [1.165, 1.54) is 0 Å². The van der Waals surface area contributed by atoms with E-state index in [-0.39, 0.29) is 0 Å². The summed E-state index contributed by atoms with van der Waals surface area (Å²) in [4.78, 5) is 6.45. The van der Waals surface area contributed by atoms with Gasteiger partial charge in [-0.15, -0.1) is 15.3 Å². The van der Waals surface area contributed by atoms with Crippen LogP contribution in [0, 0.1) is 24.2 Å². The van der Waals surface area contributed by atoms with Gasteiger partial charge >= 0.3 is 0 Å². The lowest BCUT2D eigenvalue weighted by Gasteiger charge is -2.40. The number of aryl methyl sites for hydroxylation is 1. The van der Waals surface area contributed by atoms with Crippen molar-refractivity contribution < 1.29 is 0 Å². The molecule has 1 aliphatic rings. The summed E-state index contributed by atoms with van der Waals surface area (Å²) < 4.78 is 1.77. The molecule has 8 heteroatoms. The lowest BCUT2D eigenvalue weighted by Crippen LogP contribution is -2.50. The summed E-state index contributed by atoms with van der Waals surface area (Å²) in [6.07, 6.45) is 1.58. The summed E-state index contributed by atoms with van der Waals surface area (Å²) in [5.41, 5.74) is 1.34. The zero-order valence-corrected chi connectivity index (χ0v) is 13.2. The van der Waals surface area contributed by atoms with Gasteiger partial charge in [0, 0.05) is 31.7 Å². The summed E-state index contributed by atoms with van der Waals surface area (Å²) in [5, 5.41) is 24.7. The van der Waals surface area contributed by atoms with Crippen LogP contribution in [0.15, 0.2) is 30.5 Å². The monoisotopic (exact) mass is 320 g/mol. The van der Waals surface area contributed by atoms with Crippen LogP contribution in [-0.4, -0.2) is 44.4 Å². The molecule has 4 rings (SSSR count). The highest BCUT2D eigenvalue weighted by Crippen LogP contribution is 2.23. The molecule has 3 aromatic heterocycles. The summed E-state index contributed by atoms with van der Waals surface area (Å²) in [7, 11) is 0. The third-order valence-electron chi connectivity index (χ3n) is 4.15. The average Bonchev–Trinajstić information content (AvgIpc) is 2.95. The number of fused-ring (bicyclic) bond motifs is 1. The molecule has 4 heterocycles. The van der Waals surface area contributed by atoms with Gasteiger partial charge in [-0.1, -0.05) is 0 Å². The van der Waals surface area contributed by atoms with Crippen LogP contribution in [0.25, 0.3) is 5.65 Å². The topological polar surface area (TPSA) is 95.0 Å². The fourth-order valence-corrected chi connectivity index (χ4v) is 2.75. The fraction of sp³-hybridized carbons (Fsp3) is 0.312. The van der Waals surface area contributed by atoms with E-state index in [4.69, 9.17) is 5.26 Å². The third kappa shape index (κ3) is 2.60. The van der Waals surface area contributed by atoms with Crippen molar-refractivity contribution >= 4 is 17.3 Å². The average molecular weight is 320 g/mol. The van der Waals surface area contributed by atoms with Crippen molar-refractivity contribution in [3.8, 4) is 6.07 Å². The first-order valence-electron chi connectivity index (χ1n) is 7.77. The molecule has 1 N–H and O–H groups in total. The Hall–Kier alpha value is -3.21. The van der Waals surface area contributed by atoms with Crippen molar-refractivity contribution in [1.29, 1.82) is 5.26 Å². The smallest absolute Gasteiger partial charge is 0.178 e. The number of rotatable bonds is 4. The van der Waals surface area contributed by atoms with Gasteiger partial charge in [-0.05, 0) is 31.2 Å². The molecule has 0 atom stereocenters. The predicted molar refractivity (Wildman–Crippen MR) is 88.7 cm³/mol. The molecule has 1 fully saturated rings. The van der Waals surface area contributed by atoms with E-state index in [1.807, 2.05) is 25.1 Å². The van der Waals surface area contributed by atoms with Crippen LogP contribution in [0.3, 0.4) is 0 Å². The van der Waals surface area contributed by atoms with Gasteiger partial charge in [-0.25, -0.2) is 4.98 Å². The maximum Gasteiger partial charge on any atom is 0.178 e. The predicted octanol–water partition coefficient (Wildman–Crippen LogP) is 1.25. The van der Waals surface area contributed by atoms with Gasteiger partial charge in [0.25, 0.3) is 0 Å². The Morgan fingerprint density at radius 2 is 2.12 bits per heavy atom. The first kappa shape index (κ1) is 14.4. The van der Waals surface area contributed by atoms with E-state index < -0.39 is 0 Å². The second kappa shape index (κ2) is 5.77. The van der Waals surface area contributed by atoms with Crippen LogP contribution in [0.5, 0.6) is 0 Å². The molecule has 1 saturated heterocycles. The maximum absolute atomic E-state index is 8.77. The number of nitrogens with one attached hydrogen (secondary N) is 1. The molecule has 0 aromatic carbocycles. The highest BCUT2D eigenvalue weighted by molar-refractivity contribution is 5.48. The highest BCUT2D eigenvalue weighted by atomic mass is 15.4. The molecule has 120 valence electrons. The normalized spacial score (nSPS) is 14.4. The first-order valence-corrected chi connectivity index (χ1v) is 7.77. The molecule has 0 bridgehead atoms. The van der Waals surface area contributed by atoms with Crippen molar-refractivity contribution in [2.24, 2.45) is 5.92 Å². The highest BCUT2D eigenvalue weighted by Gasteiger charge is 2.28. The largest absolute Gasteiger partial charge is 0.370 e. The summed E-state index contributed by atoms with van der Waals surface area (Å²) in [6, 6.07) is 9.59. The van der Waals surface area contributed by atoms with Crippen LogP contribution in [0.4, 0.5) is 11.6 Å². The summed E-state index contributed by atoms with van der Waals surface area (Å²) >= 11 is 0. The van der Waals surface area contributed by atoms with E-state index in [0.717, 1.165) is 42.7 Å². The molecule has 0 amide bonds. The van der Waals surface area contributed by atoms with Crippen molar-refractivity contribution in [1.82, 2.24) is 24.8 Å². The fourth-order valence-electron chi connectivity index (χ4n) is 2.75. The molecule has 3 aromatic rings. The number of hydrogen-bond donors (Lipinski definition) is 1. The molecule has 0 aliphatic carbocycles. The third-order valence-corrected chi connectivity index (χ3v) is 4.15. The van der Waals surface area contributed by atoms with Crippen molar-refractivity contribution in [3.63, 3.8) is 0 Å². The van der Waals surface area contributed by atoms with Gasteiger partial charge in [-0.2, -0.15) is 9.78 Å². The van der Waals surface area contributed by atoms with Crippen LogP contribution in [0.2, 0.25) is 0 Å². The quantitative estimate of drug-likeness (QED) is 0.773. The summed E-state index contributed by atoms with van der Waals surface area (Å²) in [5.74, 6) is 3.07. The van der Waals surface area contributed by atoms with Gasteiger partial charge in [0.05, 0.1) is 5.56 Å².